The topological polar surface area (TPSA) is 83.0 Å². The van der Waals surface area contributed by atoms with Crippen LogP contribution in [0.15, 0.2) is 52.3 Å². The van der Waals surface area contributed by atoms with Gasteiger partial charge in [-0.15, -0.1) is 11.8 Å². The number of amides is 1. The average Bonchev–Trinajstić information content (AvgIpc) is 3.36. The first kappa shape index (κ1) is 27.5. The first-order chi connectivity index (χ1) is 18.4. The number of ether oxygens (including phenoxy) is 1. The molecule has 1 amide bonds. The Bertz CT molecular complexity index is 1370. The van der Waals surface area contributed by atoms with Gasteiger partial charge in [0, 0.05) is 49.2 Å². The van der Waals surface area contributed by atoms with Gasteiger partial charge in [-0.05, 0) is 68.5 Å². The second-order valence-corrected chi connectivity index (χ2v) is 13.5. The van der Waals surface area contributed by atoms with Crippen molar-refractivity contribution in [2.24, 2.45) is 0 Å². The predicted molar refractivity (Wildman–Crippen MR) is 154 cm³/mol. The van der Waals surface area contributed by atoms with Gasteiger partial charge in [0.15, 0.2) is 5.13 Å². The van der Waals surface area contributed by atoms with Crippen LogP contribution in [0.3, 0.4) is 0 Å². The molecule has 0 bridgehead atoms. The number of anilines is 1. The van der Waals surface area contributed by atoms with E-state index in [1.54, 1.807) is 45.2 Å². The molecule has 11 heteroatoms. The number of aromatic nitrogens is 1. The highest BCUT2D eigenvalue weighted by Crippen LogP contribution is 2.33. The molecule has 38 heavy (non-hydrogen) atoms. The molecule has 2 fully saturated rings. The van der Waals surface area contributed by atoms with E-state index in [9.17, 15) is 13.2 Å². The van der Waals surface area contributed by atoms with Crippen molar-refractivity contribution in [1.29, 1.82) is 0 Å². The summed E-state index contributed by atoms with van der Waals surface area (Å²) in [5.41, 5.74) is 1.31. The molecule has 3 heterocycles. The molecule has 2 saturated heterocycles. The molecule has 0 spiro atoms. The molecule has 0 saturated carbocycles. The van der Waals surface area contributed by atoms with Crippen molar-refractivity contribution in [3.63, 3.8) is 0 Å². The van der Waals surface area contributed by atoms with Crippen molar-refractivity contribution in [3.8, 4) is 0 Å². The second-order valence-electron chi connectivity index (χ2n) is 9.73. The molecule has 0 aliphatic carbocycles. The number of thioether (sulfide) groups is 1. The number of benzene rings is 2. The predicted octanol–water partition coefficient (Wildman–Crippen LogP) is 4.56. The summed E-state index contributed by atoms with van der Waals surface area (Å²) in [6.45, 7) is 6.74. The first-order valence-corrected chi connectivity index (χ1v) is 16.5. The molecular formula is C27H34N4O4S3. The SMILES string of the molecule is CSc1ccc2nc(N(CCN3CCOCC3)C(=O)c3ccc(S(=O)(=O)N4CCCCC4C)cc3)sc2c1. The summed E-state index contributed by atoms with van der Waals surface area (Å²) in [6, 6.07) is 12.5. The van der Waals surface area contributed by atoms with Crippen molar-refractivity contribution < 1.29 is 17.9 Å². The molecule has 5 rings (SSSR count). The van der Waals surface area contributed by atoms with Crippen LogP contribution in [-0.2, 0) is 14.8 Å². The largest absolute Gasteiger partial charge is 0.379 e. The summed E-state index contributed by atoms with van der Waals surface area (Å²) in [4.78, 5) is 24.0. The van der Waals surface area contributed by atoms with Crippen LogP contribution < -0.4 is 4.90 Å². The van der Waals surface area contributed by atoms with Gasteiger partial charge < -0.3 is 4.74 Å². The number of carbonyl (C=O) groups excluding carboxylic acids is 1. The zero-order chi connectivity index (χ0) is 26.7. The van der Waals surface area contributed by atoms with Gasteiger partial charge in [-0.3, -0.25) is 14.6 Å². The normalized spacial score (nSPS) is 19.6. The Morgan fingerprint density at radius 2 is 1.89 bits per heavy atom. The van der Waals surface area contributed by atoms with Crippen molar-refractivity contribution in [1.82, 2.24) is 14.2 Å². The first-order valence-electron chi connectivity index (χ1n) is 13.1. The number of morpholine rings is 1. The zero-order valence-corrected chi connectivity index (χ0v) is 24.3. The smallest absolute Gasteiger partial charge is 0.260 e. The molecule has 0 radical (unpaired) electrons. The van der Waals surface area contributed by atoms with Gasteiger partial charge in [-0.1, -0.05) is 17.8 Å². The summed E-state index contributed by atoms with van der Waals surface area (Å²) in [6.07, 6.45) is 4.83. The third-order valence-corrected chi connectivity index (χ3v) is 11.0. The summed E-state index contributed by atoms with van der Waals surface area (Å²) in [7, 11) is -3.60. The van der Waals surface area contributed by atoms with Crippen molar-refractivity contribution in [2.75, 3.05) is 57.1 Å². The van der Waals surface area contributed by atoms with Crippen molar-refractivity contribution in [3.05, 3.63) is 48.0 Å². The van der Waals surface area contributed by atoms with Crippen LogP contribution in [0.25, 0.3) is 10.2 Å². The highest BCUT2D eigenvalue weighted by Gasteiger charge is 2.31. The summed E-state index contributed by atoms with van der Waals surface area (Å²) in [5.74, 6) is -0.183. The summed E-state index contributed by atoms with van der Waals surface area (Å²) >= 11 is 3.18. The van der Waals surface area contributed by atoms with Gasteiger partial charge in [0.05, 0.1) is 28.3 Å². The van der Waals surface area contributed by atoms with Crippen LogP contribution in [-0.4, -0.2) is 86.7 Å². The van der Waals surface area contributed by atoms with E-state index < -0.39 is 10.0 Å². The van der Waals surface area contributed by atoms with E-state index in [2.05, 4.69) is 11.0 Å². The number of rotatable bonds is 8. The Labute approximate surface area is 233 Å². The number of piperidine rings is 1. The molecule has 1 unspecified atom stereocenters. The standard InChI is InChI=1S/C27H34N4O4S3/c1-20-5-3-4-12-31(20)38(33,34)23-9-6-21(7-10-23)26(32)30(14-13-29-15-17-35-18-16-29)27-28-24-11-8-22(36-2)19-25(24)37-27/h6-11,19-20H,3-5,12-18H2,1-2H3. The van der Waals surface area contributed by atoms with Crippen LogP contribution in [0.4, 0.5) is 5.13 Å². The van der Waals surface area contributed by atoms with E-state index in [-0.39, 0.29) is 16.8 Å². The monoisotopic (exact) mass is 574 g/mol. The molecular weight excluding hydrogens is 541 g/mol. The van der Waals surface area contributed by atoms with Gasteiger partial charge in [0.1, 0.15) is 0 Å². The third-order valence-electron chi connectivity index (χ3n) is 7.25. The molecule has 204 valence electrons. The van der Waals surface area contributed by atoms with Crippen molar-refractivity contribution >= 4 is 54.4 Å². The van der Waals surface area contributed by atoms with Gasteiger partial charge in [-0.25, -0.2) is 13.4 Å². The Kier molecular flexibility index (Phi) is 8.71. The Balaban J connectivity index is 1.41. The van der Waals surface area contributed by atoms with E-state index in [1.807, 2.05) is 25.3 Å². The molecule has 2 aromatic carbocycles. The van der Waals surface area contributed by atoms with E-state index in [1.165, 1.54) is 11.3 Å². The van der Waals surface area contributed by atoms with Gasteiger partial charge in [0.2, 0.25) is 10.0 Å². The Morgan fingerprint density at radius 1 is 1.13 bits per heavy atom. The Hall–Kier alpha value is -2.02. The van der Waals surface area contributed by atoms with E-state index in [0.717, 1.165) is 47.5 Å². The summed E-state index contributed by atoms with van der Waals surface area (Å²) < 4.78 is 34.6. The molecule has 2 aliphatic rings. The lowest BCUT2D eigenvalue weighted by Crippen LogP contribution is -2.43. The highest BCUT2D eigenvalue weighted by molar-refractivity contribution is 7.98. The van der Waals surface area contributed by atoms with Gasteiger partial charge >= 0.3 is 0 Å². The van der Waals surface area contributed by atoms with Crippen LogP contribution in [0.1, 0.15) is 36.5 Å². The van der Waals surface area contributed by atoms with Crippen LogP contribution in [0.5, 0.6) is 0 Å². The van der Waals surface area contributed by atoms with Gasteiger partial charge in [-0.2, -0.15) is 4.31 Å². The highest BCUT2D eigenvalue weighted by atomic mass is 32.2. The Morgan fingerprint density at radius 3 is 2.61 bits per heavy atom. The van der Waals surface area contributed by atoms with E-state index >= 15 is 0 Å². The van der Waals surface area contributed by atoms with Gasteiger partial charge in [0.25, 0.3) is 5.91 Å². The molecule has 0 N–H and O–H groups in total. The third kappa shape index (κ3) is 5.93. The fourth-order valence-corrected chi connectivity index (χ4v) is 8.22. The molecule has 1 aromatic heterocycles. The van der Waals surface area contributed by atoms with Crippen LogP contribution in [0, 0.1) is 0 Å². The van der Waals surface area contributed by atoms with Crippen LogP contribution in [0.2, 0.25) is 0 Å². The molecule has 3 aromatic rings. The van der Waals surface area contributed by atoms with E-state index in [4.69, 9.17) is 9.72 Å². The number of fused-ring (bicyclic) bond motifs is 1. The maximum absolute atomic E-state index is 13.8. The maximum atomic E-state index is 13.8. The fraction of sp³-hybridized carbons (Fsp3) is 0.481. The number of thiazole rings is 1. The minimum atomic E-state index is -3.60. The maximum Gasteiger partial charge on any atom is 0.260 e. The lowest BCUT2D eigenvalue weighted by molar-refractivity contribution is 0.0391. The fourth-order valence-electron chi connectivity index (χ4n) is 4.98. The minimum Gasteiger partial charge on any atom is -0.379 e. The second kappa shape index (κ2) is 12.0. The number of sulfonamides is 1. The molecule has 2 aliphatic heterocycles. The number of hydrogen-bond acceptors (Lipinski definition) is 8. The van der Waals surface area contributed by atoms with Crippen molar-refractivity contribution in [2.45, 2.75) is 42.0 Å². The lowest BCUT2D eigenvalue weighted by Gasteiger charge is -2.32. The quantitative estimate of drug-likeness (QED) is 0.365. The summed E-state index contributed by atoms with van der Waals surface area (Å²) in [5, 5.41) is 0.648. The number of carbonyl (C=O) groups is 1. The zero-order valence-electron chi connectivity index (χ0n) is 21.8. The average molecular weight is 575 g/mol. The molecule has 1 atom stereocenters. The lowest BCUT2D eigenvalue weighted by atomic mass is 10.1. The number of nitrogens with zero attached hydrogens (tertiary/aromatic N) is 4. The van der Waals surface area contributed by atoms with E-state index in [0.29, 0.717) is 43.5 Å². The molecule has 8 nitrogen and oxygen atoms in total. The minimum absolute atomic E-state index is 0.0172. The number of hydrogen-bond donors (Lipinski definition) is 0. The van der Waals surface area contributed by atoms with Crippen LogP contribution >= 0.6 is 23.1 Å².